The highest BCUT2D eigenvalue weighted by Crippen LogP contribution is 2.36. The molecule has 2 fully saturated rings. The molecule has 18 heavy (non-hydrogen) atoms. The predicted molar refractivity (Wildman–Crippen MR) is 70.3 cm³/mol. The van der Waals surface area contributed by atoms with E-state index in [1.165, 1.54) is 19.3 Å². The van der Waals surface area contributed by atoms with Crippen LogP contribution in [-0.4, -0.2) is 37.8 Å². The molecule has 1 spiro atoms. The van der Waals surface area contributed by atoms with Crippen LogP contribution in [0.2, 0.25) is 0 Å². The molecular weight excluding hydrogens is 230 g/mol. The highest BCUT2D eigenvalue weighted by molar-refractivity contribution is 4.90. The molecule has 4 nitrogen and oxygen atoms in total. The van der Waals surface area contributed by atoms with Crippen LogP contribution in [-0.2, 0) is 14.2 Å². The molecule has 2 N–H and O–H groups in total. The van der Waals surface area contributed by atoms with Gasteiger partial charge in [0, 0.05) is 25.5 Å². The van der Waals surface area contributed by atoms with E-state index in [4.69, 9.17) is 19.9 Å². The molecule has 2 unspecified atom stereocenters. The molecule has 2 aliphatic rings. The lowest BCUT2D eigenvalue weighted by Gasteiger charge is -2.39. The average molecular weight is 257 g/mol. The van der Waals surface area contributed by atoms with Gasteiger partial charge in [0.15, 0.2) is 5.79 Å². The van der Waals surface area contributed by atoms with Gasteiger partial charge in [-0.1, -0.05) is 26.2 Å². The van der Waals surface area contributed by atoms with Crippen molar-refractivity contribution in [1.29, 1.82) is 0 Å². The van der Waals surface area contributed by atoms with Gasteiger partial charge in [-0.15, -0.1) is 0 Å². The summed E-state index contributed by atoms with van der Waals surface area (Å²) in [6.45, 7) is 4.45. The van der Waals surface area contributed by atoms with Crippen molar-refractivity contribution < 1.29 is 14.2 Å². The fraction of sp³-hybridized carbons (Fsp3) is 1.00. The molecule has 2 rings (SSSR count). The largest absolute Gasteiger partial charge is 0.376 e. The summed E-state index contributed by atoms with van der Waals surface area (Å²) in [4.78, 5) is 0. The molecule has 4 heteroatoms. The summed E-state index contributed by atoms with van der Waals surface area (Å²) in [5.74, 6) is -0.385. The quantitative estimate of drug-likeness (QED) is 0.741. The van der Waals surface area contributed by atoms with Gasteiger partial charge >= 0.3 is 0 Å². The maximum absolute atomic E-state index is 6.13. The number of rotatable bonds is 6. The molecule has 0 radical (unpaired) electrons. The first-order chi connectivity index (χ1) is 8.76. The van der Waals surface area contributed by atoms with Gasteiger partial charge in [-0.25, -0.2) is 0 Å². The van der Waals surface area contributed by atoms with Crippen LogP contribution < -0.4 is 5.73 Å². The molecule has 0 aromatic heterocycles. The number of ether oxygens (including phenoxy) is 3. The Labute approximate surface area is 110 Å². The van der Waals surface area contributed by atoms with Crippen LogP contribution in [0.25, 0.3) is 0 Å². The normalized spacial score (nSPS) is 31.0. The number of unbranched alkanes of at least 4 members (excludes halogenated alkanes) is 3. The Kier molecular flexibility index (Phi) is 5.42. The van der Waals surface area contributed by atoms with E-state index in [2.05, 4.69) is 6.92 Å². The van der Waals surface area contributed by atoms with E-state index in [1.54, 1.807) is 0 Å². The Hall–Kier alpha value is -0.160. The first-order valence-corrected chi connectivity index (χ1v) is 7.41. The zero-order valence-corrected chi connectivity index (χ0v) is 11.5. The van der Waals surface area contributed by atoms with Crippen molar-refractivity contribution in [3.8, 4) is 0 Å². The average Bonchev–Trinajstić information content (AvgIpc) is 2.82. The lowest BCUT2D eigenvalue weighted by Crippen LogP contribution is -2.50. The van der Waals surface area contributed by atoms with E-state index in [9.17, 15) is 0 Å². The van der Waals surface area contributed by atoms with Gasteiger partial charge in [0.2, 0.25) is 0 Å². The predicted octanol–water partition coefficient (Wildman–Crippen LogP) is 2.21. The SMILES string of the molecule is CCCCCCOC1CC2(CCC1N)OCCO2. The summed E-state index contributed by atoms with van der Waals surface area (Å²) < 4.78 is 17.4. The topological polar surface area (TPSA) is 53.7 Å². The second-order valence-corrected chi connectivity index (χ2v) is 5.48. The molecule has 106 valence electrons. The van der Waals surface area contributed by atoms with Gasteiger partial charge in [0.1, 0.15) is 0 Å². The number of hydrogen-bond donors (Lipinski definition) is 1. The second-order valence-electron chi connectivity index (χ2n) is 5.48. The van der Waals surface area contributed by atoms with Crippen molar-refractivity contribution >= 4 is 0 Å². The highest BCUT2D eigenvalue weighted by atomic mass is 16.7. The molecule has 1 saturated carbocycles. The Morgan fingerprint density at radius 2 is 2.00 bits per heavy atom. The molecule has 1 aliphatic heterocycles. The van der Waals surface area contributed by atoms with Gasteiger partial charge in [0.05, 0.1) is 19.3 Å². The first kappa shape index (κ1) is 14.3. The zero-order chi connectivity index (χ0) is 12.8. The molecule has 1 aliphatic carbocycles. The van der Waals surface area contributed by atoms with E-state index in [0.717, 1.165) is 32.3 Å². The Morgan fingerprint density at radius 1 is 1.22 bits per heavy atom. The molecular formula is C14H27NO3. The third kappa shape index (κ3) is 3.67. The standard InChI is InChI=1S/C14H27NO3/c1-2-3-4-5-8-16-13-11-14(7-6-12(13)15)17-9-10-18-14/h12-13H,2-11,15H2,1H3. The number of nitrogens with two attached hydrogens (primary N) is 1. The van der Waals surface area contributed by atoms with Crippen molar-refractivity contribution in [3.63, 3.8) is 0 Å². The minimum absolute atomic E-state index is 0.0958. The summed E-state index contributed by atoms with van der Waals surface area (Å²) >= 11 is 0. The summed E-state index contributed by atoms with van der Waals surface area (Å²) in [5.41, 5.74) is 6.13. The van der Waals surface area contributed by atoms with Crippen LogP contribution >= 0.6 is 0 Å². The Balaban J connectivity index is 1.72. The van der Waals surface area contributed by atoms with Crippen LogP contribution in [0.1, 0.15) is 51.9 Å². The lowest BCUT2D eigenvalue weighted by molar-refractivity contribution is -0.205. The summed E-state index contributed by atoms with van der Waals surface area (Å²) in [6.07, 6.45) is 7.65. The third-order valence-electron chi connectivity index (χ3n) is 3.99. The minimum atomic E-state index is -0.385. The highest BCUT2D eigenvalue weighted by Gasteiger charge is 2.44. The third-order valence-corrected chi connectivity index (χ3v) is 3.99. The zero-order valence-electron chi connectivity index (χ0n) is 11.5. The fourth-order valence-electron chi connectivity index (χ4n) is 2.84. The molecule has 1 saturated heterocycles. The second kappa shape index (κ2) is 6.85. The van der Waals surface area contributed by atoms with Gasteiger partial charge < -0.3 is 19.9 Å². The van der Waals surface area contributed by atoms with E-state index in [-0.39, 0.29) is 17.9 Å². The van der Waals surface area contributed by atoms with E-state index in [0.29, 0.717) is 13.2 Å². The Bertz CT molecular complexity index is 241. The maximum atomic E-state index is 6.13. The van der Waals surface area contributed by atoms with Gasteiger partial charge in [0.25, 0.3) is 0 Å². The van der Waals surface area contributed by atoms with Gasteiger partial charge in [-0.05, 0) is 12.8 Å². The van der Waals surface area contributed by atoms with Crippen LogP contribution in [0.15, 0.2) is 0 Å². The summed E-state index contributed by atoms with van der Waals surface area (Å²) in [5, 5.41) is 0. The van der Waals surface area contributed by atoms with Gasteiger partial charge in [-0.2, -0.15) is 0 Å². The van der Waals surface area contributed by atoms with Crippen molar-refractivity contribution in [2.75, 3.05) is 19.8 Å². The number of hydrogen-bond acceptors (Lipinski definition) is 4. The monoisotopic (exact) mass is 257 g/mol. The molecule has 2 atom stereocenters. The smallest absolute Gasteiger partial charge is 0.171 e. The van der Waals surface area contributed by atoms with Crippen molar-refractivity contribution in [1.82, 2.24) is 0 Å². The van der Waals surface area contributed by atoms with Crippen LogP contribution in [0.4, 0.5) is 0 Å². The molecule has 0 bridgehead atoms. The molecule has 1 heterocycles. The van der Waals surface area contributed by atoms with Gasteiger partial charge in [-0.3, -0.25) is 0 Å². The first-order valence-electron chi connectivity index (χ1n) is 7.41. The summed E-state index contributed by atoms with van der Waals surface area (Å²) in [7, 11) is 0. The Morgan fingerprint density at radius 3 is 2.72 bits per heavy atom. The lowest BCUT2D eigenvalue weighted by atomic mass is 9.88. The van der Waals surface area contributed by atoms with E-state index >= 15 is 0 Å². The maximum Gasteiger partial charge on any atom is 0.171 e. The molecule has 0 amide bonds. The van der Waals surface area contributed by atoms with E-state index in [1.807, 2.05) is 0 Å². The van der Waals surface area contributed by atoms with E-state index < -0.39 is 0 Å². The minimum Gasteiger partial charge on any atom is -0.376 e. The summed E-state index contributed by atoms with van der Waals surface area (Å²) in [6, 6.07) is 0.134. The van der Waals surface area contributed by atoms with Crippen LogP contribution in [0, 0.1) is 0 Å². The van der Waals surface area contributed by atoms with Crippen molar-refractivity contribution in [3.05, 3.63) is 0 Å². The molecule has 0 aromatic carbocycles. The van der Waals surface area contributed by atoms with Crippen molar-refractivity contribution in [2.24, 2.45) is 5.73 Å². The molecule has 0 aromatic rings. The van der Waals surface area contributed by atoms with Crippen LogP contribution in [0.5, 0.6) is 0 Å². The van der Waals surface area contributed by atoms with Crippen LogP contribution in [0.3, 0.4) is 0 Å². The fourth-order valence-corrected chi connectivity index (χ4v) is 2.84. The van der Waals surface area contributed by atoms with Crippen molar-refractivity contribution in [2.45, 2.75) is 69.8 Å².